The van der Waals surface area contributed by atoms with Crippen LogP contribution in [0, 0.1) is 0 Å². The number of carbonyl (C=O) groups is 2. The molecule has 1 heterocycles. The van der Waals surface area contributed by atoms with Gasteiger partial charge in [0.05, 0.1) is 25.5 Å². The van der Waals surface area contributed by atoms with E-state index in [1.54, 1.807) is 50.6 Å². The number of imide groups is 1. The van der Waals surface area contributed by atoms with Gasteiger partial charge in [0.15, 0.2) is 0 Å². The van der Waals surface area contributed by atoms with Crippen LogP contribution in [0.2, 0.25) is 0 Å². The van der Waals surface area contributed by atoms with E-state index in [0.29, 0.717) is 40.6 Å². The summed E-state index contributed by atoms with van der Waals surface area (Å²) < 4.78 is 10.7. The SMILES string of the molecule is CCN(C1=C(c2ccccc2OC)C(=O)N(c2ccc(OC)cc2)C1=O)c1ccccc1. The van der Waals surface area contributed by atoms with Crippen LogP contribution in [0.25, 0.3) is 5.57 Å². The van der Waals surface area contributed by atoms with Gasteiger partial charge in [-0.15, -0.1) is 0 Å². The van der Waals surface area contributed by atoms with Crippen LogP contribution >= 0.6 is 0 Å². The Labute approximate surface area is 187 Å². The lowest BCUT2D eigenvalue weighted by Gasteiger charge is -2.25. The summed E-state index contributed by atoms with van der Waals surface area (Å²) in [5.74, 6) is 0.396. The summed E-state index contributed by atoms with van der Waals surface area (Å²) in [6.07, 6.45) is 0. The molecule has 0 saturated carbocycles. The van der Waals surface area contributed by atoms with Crippen LogP contribution in [0.15, 0.2) is 84.6 Å². The molecule has 162 valence electrons. The summed E-state index contributed by atoms with van der Waals surface area (Å²) in [6.45, 7) is 2.46. The van der Waals surface area contributed by atoms with Gasteiger partial charge in [-0.05, 0) is 49.4 Å². The number of hydrogen-bond donors (Lipinski definition) is 0. The van der Waals surface area contributed by atoms with Crippen molar-refractivity contribution in [3.63, 3.8) is 0 Å². The van der Waals surface area contributed by atoms with Crippen molar-refractivity contribution in [3.05, 3.63) is 90.1 Å². The lowest BCUT2D eigenvalue weighted by Crippen LogP contribution is -2.35. The van der Waals surface area contributed by atoms with E-state index in [4.69, 9.17) is 9.47 Å². The van der Waals surface area contributed by atoms with E-state index in [-0.39, 0.29) is 5.91 Å². The molecule has 4 rings (SSSR count). The summed E-state index contributed by atoms with van der Waals surface area (Å²) in [7, 11) is 3.12. The maximum absolute atomic E-state index is 13.8. The standard InChI is InChI=1S/C26H24N2O4/c1-4-27(18-10-6-5-7-11-18)24-23(21-12-8-9-13-22(21)32-3)25(29)28(26(24)30)19-14-16-20(31-2)17-15-19/h5-17H,4H2,1-3H3. The molecular weight excluding hydrogens is 404 g/mol. The fourth-order valence-electron chi connectivity index (χ4n) is 3.91. The van der Waals surface area contributed by atoms with Crippen LogP contribution in [0.1, 0.15) is 12.5 Å². The van der Waals surface area contributed by atoms with Crippen LogP contribution in [0.3, 0.4) is 0 Å². The normalized spacial score (nSPS) is 13.5. The Bertz CT molecular complexity index is 1170. The lowest BCUT2D eigenvalue weighted by atomic mass is 10.0. The lowest BCUT2D eigenvalue weighted by molar-refractivity contribution is -0.120. The predicted molar refractivity (Wildman–Crippen MR) is 125 cm³/mol. The largest absolute Gasteiger partial charge is 0.497 e. The monoisotopic (exact) mass is 428 g/mol. The first kappa shape index (κ1) is 21.2. The molecule has 0 atom stereocenters. The molecule has 32 heavy (non-hydrogen) atoms. The van der Waals surface area contributed by atoms with E-state index in [2.05, 4.69) is 0 Å². The number of anilines is 2. The van der Waals surface area contributed by atoms with E-state index >= 15 is 0 Å². The summed E-state index contributed by atoms with van der Waals surface area (Å²) >= 11 is 0. The maximum Gasteiger partial charge on any atom is 0.282 e. The first-order valence-corrected chi connectivity index (χ1v) is 10.3. The minimum absolute atomic E-state index is 0.314. The molecular formula is C26H24N2O4. The molecule has 2 amide bonds. The Morgan fingerprint density at radius 1 is 0.781 bits per heavy atom. The number of ether oxygens (including phenoxy) is 2. The highest BCUT2D eigenvalue weighted by molar-refractivity contribution is 6.46. The second-order valence-electron chi connectivity index (χ2n) is 7.15. The number of benzene rings is 3. The van der Waals surface area contributed by atoms with E-state index in [1.807, 2.05) is 54.3 Å². The summed E-state index contributed by atoms with van der Waals surface area (Å²) in [4.78, 5) is 30.6. The van der Waals surface area contributed by atoms with Crippen molar-refractivity contribution in [1.29, 1.82) is 0 Å². The van der Waals surface area contributed by atoms with Crippen molar-refractivity contribution in [2.75, 3.05) is 30.6 Å². The van der Waals surface area contributed by atoms with Crippen LogP contribution in [0.5, 0.6) is 11.5 Å². The van der Waals surface area contributed by atoms with Crippen LogP contribution in [-0.4, -0.2) is 32.6 Å². The molecule has 0 radical (unpaired) electrons. The van der Waals surface area contributed by atoms with Crippen molar-refractivity contribution in [2.24, 2.45) is 0 Å². The quantitative estimate of drug-likeness (QED) is 0.518. The van der Waals surface area contributed by atoms with Crippen molar-refractivity contribution < 1.29 is 19.1 Å². The van der Waals surface area contributed by atoms with Crippen LogP contribution in [-0.2, 0) is 9.59 Å². The van der Waals surface area contributed by atoms with Gasteiger partial charge in [0, 0.05) is 17.8 Å². The number of likely N-dealkylation sites (N-methyl/N-ethyl adjacent to an activating group) is 1. The number of amides is 2. The van der Waals surface area contributed by atoms with Gasteiger partial charge in [-0.3, -0.25) is 9.59 Å². The topological polar surface area (TPSA) is 59.1 Å². The maximum atomic E-state index is 13.8. The number of para-hydroxylation sites is 2. The van der Waals surface area contributed by atoms with Gasteiger partial charge < -0.3 is 14.4 Å². The number of methoxy groups -OCH3 is 2. The zero-order chi connectivity index (χ0) is 22.7. The number of rotatable bonds is 7. The minimum atomic E-state index is -0.394. The molecule has 0 aromatic heterocycles. The molecule has 0 spiro atoms. The van der Waals surface area contributed by atoms with Crippen molar-refractivity contribution in [3.8, 4) is 11.5 Å². The predicted octanol–water partition coefficient (Wildman–Crippen LogP) is 4.51. The smallest absolute Gasteiger partial charge is 0.282 e. The van der Waals surface area contributed by atoms with Crippen molar-refractivity contribution in [2.45, 2.75) is 6.92 Å². The van der Waals surface area contributed by atoms with Crippen molar-refractivity contribution >= 4 is 28.8 Å². The van der Waals surface area contributed by atoms with Crippen molar-refractivity contribution in [1.82, 2.24) is 0 Å². The highest BCUT2D eigenvalue weighted by Gasteiger charge is 2.43. The van der Waals surface area contributed by atoms with Gasteiger partial charge in [0.2, 0.25) is 0 Å². The first-order valence-electron chi connectivity index (χ1n) is 10.3. The first-order chi connectivity index (χ1) is 15.6. The Hall–Kier alpha value is -4.06. The second kappa shape index (κ2) is 8.98. The third kappa shape index (κ3) is 3.60. The zero-order valence-corrected chi connectivity index (χ0v) is 18.2. The van der Waals surface area contributed by atoms with Crippen LogP contribution in [0.4, 0.5) is 11.4 Å². The summed E-state index contributed by atoms with van der Waals surface area (Å²) in [6, 6.07) is 23.7. The zero-order valence-electron chi connectivity index (χ0n) is 18.2. The Balaban J connectivity index is 1.91. The van der Waals surface area contributed by atoms with Gasteiger partial charge in [0.25, 0.3) is 11.8 Å². The molecule has 0 unspecified atom stereocenters. The average Bonchev–Trinajstić information content (AvgIpc) is 3.10. The molecule has 0 fully saturated rings. The van der Waals surface area contributed by atoms with Gasteiger partial charge in [-0.2, -0.15) is 0 Å². The third-order valence-corrected chi connectivity index (χ3v) is 5.42. The molecule has 6 heteroatoms. The second-order valence-corrected chi connectivity index (χ2v) is 7.15. The van der Waals surface area contributed by atoms with E-state index in [9.17, 15) is 9.59 Å². The van der Waals surface area contributed by atoms with E-state index in [1.165, 1.54) is 4.90 Å². The number of carbonyl (C=O) groups excluding carboxylic acids is 2. The molecule has 0 N–H and O–H groups in total. The Kier molecular flexibility index (Phi) is 5.94. The molecule has 0 bridgehead atoms. The highest BCUT2D eigenvalue weighted by atomic mass is 16.5. The Morgan fingerprint density at radius 3 is 2.06 bits per heavy atom. The summed E-state index contributed by atoms with van der Waals surface area (Å²) in [5, 5.41) is 0. The van der Waals surface area contributed by atoms with E-state index < -0.39 is 5.91 Å². The molecule has 3 aromatic carbocycles. The van der Waals surface area contributed by atoms with Gasteiger partial charge >= 0.3 is 0 Å². The number of nitrogens with zero attached hydrogens (tertiary/aromatic N) is 2. The third-order valence-electron chi connectivity index (χ3n) is 5.42. The number of hydrogen-bond acceptors (Lipinski definition) is 5. The van der Waals surface area contributed by atoms with Gasteiger partial charge in [-0.25, -0.2) is 4.90 Å². The van der Waals surface area contributed by atoms with Crippen LogP contribution < -0.4 is 19.3 Å². The fourth-order valence-corrected chi connectivity index (χ4v) is 3.91. The molecule has 3 aromatic rings. The van der Waals surface area contributed by atoms with Gasteiger partial charge in [0.1, 0.15) is 17.2 Å². The van der Waals surface area contributed by atoms with E-state index in [0.717, 1.165) is 5.69 Å². The molecule has 0 aliphatic carbocycles. The molecule has 1 aliphatic heterocycles. The highest BCUT2D eigenvalue weighted by Crippen LogP contribution is 2.39. The Morgan fingerprint density at radius 2 is 1.44 bits per heavy atom. The fraction of sp³-hybridized carbons (Fsp3) is 0.154. The molecule has 1 aliphatic rings. The van der Waals surface area contributed by atoms with Gasteiger partial charge in [-0.1, -0.05) is 36.4 Å². The minimum Gasteiger partial charge on any atom is -0.497 e. The average molecular weight is 428 g/mol. The molecule has 0 saturated heterocycles. The summed E-state index contributed by atoms with van der Waals surface area (Å²) in [5.41, 5.74) is 2.52. The molecule has 6 nitrogen and oxygen atoms in total.